The first-order chi connectivity index (χ1) is 19.3. The number of thioether (sulfide) groups is 1. The van der Waals surface area contributed by atoms with Crippen molar-refractivity contribution in [2.45, 2.75) is 48.1 Å². The van der Waals surface area contributed by atoms with E-state index in [0.717, 1.165) is 42.1 Å². The maximum atomic E-state index is 14.6. The molecule has 2 saturated heterocycles. The van der Waals surface area contributed by atoms with Crippen molar-refractivity contribution in [3.05, 3.63) is 66.8 Å². The van der Waals surface area contributed by atoms with Gasteiger partial charge in [-0.25, -0.2) is 0 Å². The molecule has 40 heavy (non-hydrogen) atoms. The van der Waals surface area contributed by atoms with Gasteiger partial charge in [0.15, 0.2) is 0 Å². The van der Waals surface area contributed by atoms with Gasteiger partial charge in [-0.05, 0) is 42.7 Å². The van der Waals surface area contributed by atoms with Gasteiger partial charge in [-0.15, -0.1) is 11.8 Å². The monoisotopic (exact) mass is 559 g/mol. The first kappa shape index (κ1) is 27.1. The van der Waals surface area contributed by atoms with E-state index in [4.69, 9.17) is 0 Å². The fourth-order valence-electron chi connectivity index (χ4n) is 7.21. The van der Waals surface area contributed by atoms with Crippen LogP contribution in [0.15, 0.2) is 66.8 Å². The maximum Gasteiger partial charge on any atom is 0.251 e. The average Bonchev–Trinajstić information content (AvgIpc) is 3.22. The predicted molar refractivity (Wildman–Crippen MR) is 159 cm³/mol. The summed E-state index contributed by atoms with van der Waals surface area (Å²) < 4.78 is -1.42. The molecule has 2 aromatic rings. The van der Waals surface area contributed by atoms with Crippen molar-refractivity contribution >= 4 is 45.9 Å². The summed E-state index contributed by atoms with van der Waals surface area (Å²) in [5.41, 5.74) is 0.809. The lowest BCUT2D eigenvalue weighted by Crippen LogP contribution is -2.53. The van der Waals surface area contributed by atoms with Crippen molar-refractivity contribution in [3.63, 3.8) is 0 Å². The molecule has 0 saturated carbocycles. The first-order valence-electron chi connectivity index (χ1n) is 14.3. The predicted octanol–water partition coefficient (Wildman–Crippen LogP) is 4.01. The molecule has 0 aliphatic carbocycles. The molecule has 0 bridgehead atoms. The molecule has 1 spiro atoms. The van der Waals surface area contributed by atoms with Crippen molar-refractivity contribution in [1.29, 1.82) is 0 Å². The number of aliphatic hydroxyl groups is 1. The van der Waals surface area contributed by atoms with E-state index in [2.05, 4.69) is 25.1 Å². The molecule has 7 nitrogen and oxygen atoms in total. The second-order valence-corrected chi connectivity index (χ2v) is 13.5. The molecule has 210 valence electrons. The van der Waals surface area contributed by atoms with Crippen LogP contribution in [0.4, 0.5) is 5.69 Å². The third-order valence-corrected chi connectivity index (χ3v) is 10.9. The van der Waals surface area contributed by atoms with E-state index in [-0.39, 0.29) is 24.3 Å². The summed E-state index contributed by atoms with van der Waals surface area (Å²) in [5.74, 6) is -1.37. The van der Waals surface area contributed by atoms with Gasteiger partial charge >= 0.3 is 0 Å². The summed E-state index contributed by atoms with van der Waals surface area (Å²) in [6, 6.07) is 13.4. The number of carbonyl (C=O) groups excluding carboxylic acids is 3. The van der Waals surface area contributed by atoms with Crippen LogP contribution >= 0.6 is 11.8 Å². The fourth-order valence-corrected chi connectivity index (χ4v) is 9.36. The Morgan fingerprint density at radius 3 is 2.42 bits per heavy atom. The number of hydrogen-bond acceptors (Lipinski definition) is 5. The Morgan fingerprint density at radius 1 is 0.875 bits per heavy atom. The number of benzene rings is 2. The van der Waals surface area contributed by atoms with Gasteiger partial charge in [0.2, 0.25) is 11.8 Å². The number of amides is 3. The number of unbranched alkanes of at least 4 members (excludes halogenated alkanes) is 3. The van der Waals surface area contributed by atoms with Crippen LogP contribution in [0.3, 0.4) is 0 Å². The smallest absolute Gasteiger partial charge is 0.251 e. The number of likely N-dealkylation sites (tertiary alicyclic amines) is 1. The van der Waals surface area contributed by atoms with Gasteiger partial charge in [-0.1, -0.05) is 67.5 Å². The van der Waals surface area contributed by atoms with Crippen molar-refractivity contribution < 1.29 is 19.5 Å². The Balaban J connectivity index is 1.42. The standard InChI is InChI=1S/C32H37N3O4S/c1-31-15-9-17-33(2)28(37)25(31)26-29(38)35(18-7-3-4-8-20-36)27-30(39)34(19-10-16-32(26,27)40-31)24-14-13-22-11-5-6-12-23(22)21-24/h5-6,9-16,21,25-27,36H,3-4,7-8,17-20H2,1-2H3/t25-,26+,27?,31+,32+/m1/s1. The molecule has 4 aliphatic heterocycles. The first-order valence-corrected chi connectivity index (χ1v) is 15.1. The molecule has 4 heterocycles. The number of anilines is 1. The number of aliphatic hydroxyl groups excluding tert-OH is 1. The van der Waals surface area contributed by atoms with Crippen LogP contribution in [0.5, 0.6) is 0 Å². The summed E-state index contributed by atoms with van der Waals surface area (Å²) >= 11 is 1.63. The van der Waals surface area contributed by atoms with E-state index >= 15 is 0 Å². The van der Waals surface area contributed by atoms with Crippen molar-refractivity contribution in [3.8, 4) is 0 Å². The molecule has 0 radical (unpaired) electrons. The summed E-state index contributed by atoms with van der Waals surface area (Å²) in [5, 5.41) is 11.4. The molecule has 1 unspecified atom stereocenters. The normalized spacial score (nSPS) is 31.4. The molecule has 3 amide bonds. The van der Waals surface area contributed by atoms with Crippen LogP contribution in [0.25, 0.3) is 10.8 Å². The third-order valence-electron chi connectivity index (χ3n) is 9.11. The Hall–Kier alpha value is -3.10. The zero-order valence-corrected chi connectivity index (χ0v) is 24.0. The molecule has 0 aromatic heterocycles. The van der Waals surface area contributed by atoms with E-state index in [1.54, 1.807) is 33.5 Å². The highest BCUT2D eigenvalue weighted by atomic mass is 32.2. The Bertz CT molecular complexity index is 1410. The molecule has 1 N–H and O–H groups in total. The minimum Gasteiger partial charge on any atom is -0.396 e. The van der Waals surface area contributed by atoms with Crippen molar-refractivity contribution in [1.82, 2.24) is 9.80 Å². The largest absolute Gasteiger partial charge is 0.396 e. The van der Waals surface area contributed by atoms with Crippen LogP contribution in [0.2, 0.25) is 0 Å². The van der Waals surface area contributed by atoms with Crippen molar-refractivity contribution in [2.24, 2.45) is 11.8 Å². The highest BCUT2D eigenvalue weighted by Gasteiger charge is 2.73. The Labute approximate surface area is 239 Å². The summed E-state index contributed by atoms with van der Waals surface area (Å²) in [6.45, 7) is 3.59. The van der Waals surface area contributed by atoms with Crippen LogP contribution in [-0.2, 0) is 14.4 Å². The molecule has 2 fully saturated rings. The Kier molecular flexibility index (Phi) is 7.03. The molecular weight excluding hydrogens is 522 g/mol. The van der Waals surface area contributed by atoms with Gasteiger partial charge in [0.05, 0.1) is 16.6 Å². The molecule has 6 rings (SSSR count). The SMILES string of the molecule is CN1CC=C[C@]2(C)S[C@]34C=CCN(c5ccc6ccccc6c5)C(=O)C3N(CCCCCCO)C(=O)[C@@H]4[C@@H]2C1=O. The topological polar surface area (TPSA) is 81.2 Å². The third kappa shape index (κ3) is 4.18. The summed E-state index contributed by atoms with van der Waals surface area (Å²) in [4.78, 5) is 48.1. The van der Waals surface area contributed by atoms with Crippen LogP contribution in [0, 0.1) is 11.8 Å². The number of likely N-dealkylation sites (N-methyl/N-ethyl adjacent to an activating group) is 1. The van der Waals surface area contributed by atoms with Gasteiger partial charge in [-0.2, -0.15) is 0 Å². The number of fused-ring (bicyclic) bond motifs is 3. The molecule has 4 aliphatic rings. The molecular formula is C32H37N3O4S. The highest BCUT2D eigenvalue weighted by molar-refractivity contribution is 8.02. The summed E-state index contributed by atoms with van der Waals surface area (Å²) in [6.07, 6.45) is 11.4. The van der Waals surface area contributed by atoms with E-state index in [1.807, 2.05) is 48.6 Å². The lowest BCUT2D eigenvalue weighted by molar-refractivity contribution is -0.143. The average molecular weight is 560 g/mol. The lowest BCUT2D eigenvalue weighted by atomic mass is 9.74. The molecule has 2 aromatic carbocycles. The van der Waals surface area contributed by atoms with Crippen molar-refractivity contribution in [2.75, 3.05) is 38.2 Å². The second-order valence-electron chi connectivity index (χ2n) is 11.7. The zero-order chi connectivity index (χ0) is 28.1. The van der Waals surface area contributed by atoms with Crippen LogP contribution in [0.1, 0.15) is 32.6 Å². The lowest BCUT2D eigenvalue weighted by Gasteiger charge is -2.37. The van der Waals surface area contributed by atoms with Gasteiger partial charge in [0, 0.05) is 43.7 Å². The maximum absolute atomic E-state index is 14.6. The van der Waals surface area contributed by atoms with Gasteiger partial charge in [-0.3, -0.25) is 14.4 Å². The number of nitrogens with zero attached hydrogens (tertiary/aromatic N) is 3. The van der Waals surface area contributed by atoms with Gasteiger partial charge in [0.1, 0.15) is 6.04 Å². The number of hydrogen-bond donors (Lipinski definition) is 1. The van der Waals surface area contributed by atoms with E-state index in [0.29, 0.717) is 19.6 Å². The van der Waals surface area contributed by atoms with Gasteiger partial charge < -0.3 is 19.8 Å². The molecule has 8 heteroatoms. The molecule has 5 atom stereocenters. The summed E-state index contributed by atoms with van der Waals surface area (Å²) in [7, 11) is 1.79. The Morgan fingerprint density at radius 2 is 1.62 bits per heavy atom. The van der Waals surface area contributed by atoms with Crippen LogP contribution in [-0.4, -0.2) is 81.5 Å². The quantitative estimate of drug-likeness (QED) is 0.410. The van der Waals surface area contributed by atoms with E-state index in [1.165, 1.54) is 0 Å². The zero-order valence-electron chi connectivity index (χ0n) is 23.2. The highest BCUT2D eigenvalue weighted by Crippen LogP contribution is 2.65. The fraction of sp³-hybridized carbons (Fsp3) is 0.469. The minimum absolute atomic E-state index is 0.0322. The van der Waals surface area contributed by atoms with Gasteiger partial charge in [0.25, 0.3) is 5.91 Å². The number of rotatable bonds is 7. The van der Waals surface area contributed by atoms with Crippen LogP contribution < -0.4 is 4.90 Å². The minimum atomic E-state index is -0.831. The second kappa shape index (κ2) is 10.4. The number of carbonyl (C=O) groups is 3. The van der Waals surface area contributed by atoms with E-state index < -0.39 is 27.4 Å². The van der Waals surface area contributed by atoms with E-state index in [9.17, 15) is 19.5 Å².